The number of esters is 1. The second-order valence-electron chi connectivity index (χ2n) is 4.44. The van der Waals surface area contributed by atoms with Crippen LogP contribution < -0.4 is 0 Å². The Labute approximate surface area is 97.9 Å². The van der Waals surface area contributed by atoms with Gasteiger partial charge >= 0.3 is 5.97 Å². The average Bonchev–Trinajstić information content (AvgIpc) is 2.16. The predicted molar refractivity (Wildman–Crippen MR) is 63.8 cm³/mol. The van der Waals surface area contributed by atoms with Gasteiger partial charge in [0.15, 0.2) is 0 Å². The summed E-state index contributed by atoms with van der Waals surface area (Å²) in [4.78, 5) is 11.1. The van der Waals surface area contributed by atoms with E-state index in [-0.39, 0.29) is 12.0 Å². The molecule has 0 aliphatic carbocycles. The molecule has 0 aromatic rings. The minimum atomic E-state index is -1.86. The van der Waals surface area contributed by atoms with Gasteiger partial charge < -0.3 is 4.74 Å². The van der Waals surface area contributed by atoms with Gasteiger partial charge in [0.05, 0.1) is 0 Å². The molecular formula is C13H23FO2. The Morgan fingerprint density at radius 3 is 2.38 bits per heavy atom. The second kappa shape index (κ2) is 7.42. The minimum absolute atomic E-state index is 0.231. The van der Waals surface area contributed by atoms with Crippen LogP contribution in [0.25, 0.3) is 0 Å². The van der Waals surface area contributed by atoms with Crippen LogP contribution in [0, 0.1) is 0 Å². The lowest BCUT2D eigenvalue weighted by atomic mass is 10.1. The molecule has 0 aliphatic heterocycles. The molecule has 0 saturated carbocycles. The summed E-state index contributed by atoms with van der Waals surface area (Å²) in [5.74, 6) is -2.51. The fraction of sp³-hybridized carbons (Fsp3) is 0.769. The summed E-state index contributed by atoms with van der Waals surface area (Å²) in [6.07, 6.45) is 5.44. The average molecular weight is 230 g/mol. The van der Waals surface area contributed by atoms with E-state index in [0.717, 1.165) is 25.7 Å². The molecule has 0 saturated heterocycles. The van der Waals surface area contributed by atoms with E-state index in [0.29, 0.717) is 0 Å². The molecule has 0 aliphatic rings. The molecule has 0 fully saturated rings. The highest BCUT2D eigenvalue weighted by Crippen LogP contribution is 2.22. The zero-order valence-electron chi connectivity index (χ0n) is 10.6. The molecular weight excluding hydrogens is 207 g/mol. The van der Waals surface area contributed by atoms with E-state index in [1.807, 2.05) is 0 Å². The summed E-state index contributed by atoms with van der Waals surface area (Å²) in [6.45, 7) is 8.36. The molecule has 2 nitrogen and oxygen atoms in total. The maximum Gasteiger partial charge on any atom is 0.335 e. The van der Waals surface area contributed by atoms with Crippen molar-refractivity contribution in [3.8, 4) is 0 Å². The van der Waals surface area contributed by atoms with Crippen LogP contribution in [0.2, 0.25) is 0 Å². The van der Waals surface area contributed by atoms with Crippen LogP contribution in [0.15, 0.2) is 12.2 Å². The highest BCUT2D eigenvalue weighted by atomic mass is 19.2. The van der Waals surface area contributed by atoms with Crippen LogP contribution in [0.5, 0.6) is 0 Å². The first-order chi connectivity index (χ1) is 7.39. The predicted octanol–water partition coefficient (Wildman–Crippen LogP) is 4.15. The van der Waals surface area contributed by atoms with Crippen molar-refractivity contribution in [1.29, 1.82) is 0 Å². The topological polar surface area (TPSA) is 26.3 Å². The summed E-state index contributed by atoms with van der Waals surface area (Å²) in [5.41, 5.74) is 0.231. The smallest absolute Gasteiger partial charge is 0.335 e. The zero-order valence-corrected chi connectivity index (χ0v) is 10.6. The van der Waals surface area contributed by atoms with Crippen LogP contribution in [-0.4, -0.2) is 11.8 Å². The Bertz CT molecular complexity index is 234. The number of hydrogen-bond donors (Lipinski definition) is 0. The molecule has 1 unspecified atom stereocenters. The number of unbranched alkanes of at least 4 members (excludes halogenated alkanes) is 4. The summed E-state index contributed by atoms with van der Waals surface area (Å²) in [6, 6.07) is 0. The number of hydrogen-bond acceptors (Lipinski definition) is 2. The molecule has 0 N–H and O–H groups in total. The molecule has 1 atom stereocenters. The largest absolute Gasteiger partial charge is 0.425 e. The molecule has 0 aromatic carbocycles. The quantitative estimate of drug-likeness (QED) is 0.355. The number of halogens is 1. The Balaban J connectivity index is 3.78. The third-order valence-electron chi connectivity index (χ3n) is 2.38. The van der Waals surface area contributed by atoms with Crippen molar-refractivity contribution in [2.24, 2.45) is 0 Å². The molecule has 0 heterocycles. The zero-order chi connectivity index (χ0) is 12.6. The summed E-state index contributed by atoms with van der Waals surface area (Å²) in [5, 5.41) is 0. The maximum atomic E-state index is 13.7. The highest BCUT2D eigenvalue weighted by Gasteiger charge is 2.27. The number of alkyl halides is 1. The first-order valence-electron chi connectivity index (χ1n) is 5.97. The molecule has 0 bridgehead atoms. The van der Waals surface area contributed by atoms with Gasteiger partial charge in [-0.25, -0.2) is 4.79 Å². The summed E-state index contributed by atoms with van der Waals surface area (Å²) in [7, 11) is 0. The van der Waals surface area contributed by atoms with Crippen molar-refractivity contribution in [2.75, 3.05) is 0 Å². The standard InChI is InChI=1S/C13H23FO2/c1-5-6-7-8-9-10-13(4,14)16-12(15)11(2)3/h2,5-10H2,1,3-4H3. The van der Waals surface area contributed by atoms with Gasteiger partial charge in [-0.1, -0.05) is 39.2 Å². The van der Waals surface area contributed by atoms with Crippen molar-refractivity contribution in [1.82, 2.24) is 0 Å². The van der Waals surface area contributed by atoms with Crippen LogP contribution in [0.4, 0.5) is 4.39 Å². The summed E-state index contributed by atoms with van der Waals surface area (Å²) >= 11 is 0. The van der Waals surface area contributed by atoms with Crippen LogP contribution >= 0.6 is 0 Å². The SMILES string of the molecule is C=C(C)C(=O)OC(C)(F)CCCCCCC. The lowest BCUT2D eigenvalue weighted by Gasteiger charge is -2.20. The molecule has 0 radical (unpaired) electrons. The third-order valence-corrected chi connectivity index (χ3v) is 2.38. The number of carbonyl (C=O) groups excluding carboxylic acids is 1. The van der Waals surface area contributed by atoms with E-state index in [1.54, 1.807) is 0 Å². The van der Waals surface area contributed by atoms with E-state index in [4.69, 9.17) is 4.74 Å². The van der Waals surface area contributed by atoms with E-state index in [2.05, 4.69) is 13.5 Å². The lowest BCUT2D eigenvalue weighted by Crippen LogP contribution is -2.26. The van der Waals surface area contributed by atoms with Crippen LogP contribution in [0.3, 0.4) is 0 Å². The van der Waals surface area contributed by atoms with Crippen molar-refractivity contribution in [2.45, 2.75) is 65.2 Å². The van der Waals surface area contributed by atoms with Crippen molar-refractivity contribution >= 4 is 5.97 Å². The number of rotatable bonds is 8. The normalized spacial score (nSPS) is 14.2. The maximum absolute atomic E-state index is 13.7. The van der Waals surface area contributed by atoms with Crippen molar-refractivity contribution < 1.29 is 13.9 Å². The van der Waals surface area contributed by atoms with Crippen molar-refractivity contribution in [3.05, 3.63) is 12.2 Å². The third kappa shape index (κ3) is 7.43. The van der Waals surface area contributed by atoms with Gasteiger partial charge in [-0.05, 0) is 13.3 Å². The molecule has 0 aromatic heterocycles. The van der Waals surface area contributed by atoms with Gasteiger partial charge in [-0.15, -0.1) is 0 Å². The lowest BCUT2D eigenvalue weighted by molar-refractivity contribution is -0.174. The van der Waals surface area contributed by atoms with E-state index in [9.17, 15) is 9.18 Å². The highest BCUT2D eigenvalue weighted by molar-refractivity contribution is 5.87. The molecule has 0 amide bonds. The first kappa shape index (κ1) is 15.1. The van der Waals surface area contributed by atoms with Crippen LogP contribution in [-0.2, 0) is 9.53 Å². The molecule has 3 heteroatoms. The van der Waals surface area contributed by atoms with Gasteiger partial charge in [0.1, 0.15) is 0 Å². The number of ether oxygens (including phenoxy) is 1. The van der Waals surface area contributed by atoms with E-state index in [1.165, 1.54) is 20.3 Å². The molecule has 16 heavy (non-hydrogen) atoms. The van der Waals surface area contributed by atoms with Crippen molar-refractivity contribution in [3.63, 3.8) is 0 Å². The Kier molecular flexibility index (Phi) is 7.02. The fourth-order valence-corrected chi connectivity index (χ4v) is 1.38. The van der Waals surface area contributed by atoms with Gasteiger partial charge in [-0.3, -0.25) is 0 Å². The van der Waals surface area contributed by atoms with Crippen LogP contribution in [0.1, 0.15) is 59.3 Å². The Morgan fingerprint density at radius 2 is 1.88 bits per heavy atom. The van der Waals surface area contributed by atoms with Gasteiger partial charge in [0.25, 0.3) is 0 Å². The second-order valence-corrected chi connectivity index (χ2v) is 4.44. The number of carbonyl (C=O) groups is 1. The van der Waals surface area contributed by atoms with Gasteiger partial charge in [0.2, 0.25) is 5.85 Å². The molecule has 0 rings (SSSR count). The van der Waals surface area contributed by atoms with Gasteiger partial charge in [-0.2, -0.15) is 4.39 Å². The van der Waals surface area contributed by atoms with E-state index < -0.39 is 11.8 Å². The Morgan fingerprint density at radius 1 is 1.31 bits per heavy atom. The fourth-order valence-electron chi connectivity index (χ4n) is 1.38. The van der Waals surface area contributed by atoms with Gasteiger partial charge in [0, 0.05) is 18.9 Å². The first-order valence-corrected chi connectivity index (χ1v) is 5.97. The summed E-state index contributed by atoms with van der Waals surface area (Å²) < 4.78 is 18.4. The molecule has 94 valence electrons. The minimum Gasteiger partial charge on any atom is -0.425 e. The monoisotopic (exact) mass is 230 g/mol. The van der Waals surface area contributed by atoms with E-state index >= 15 is 0 Å². The Hall–Kier alpha value is -0.860. The molecule has 0 spiro atoms.